The van der Waals surface area contributed by atoms with E-state index in [0.717, 1.165) is 12.0 Å². The van der Waals surface area contributed by atoms with E-state index in [1.54, 1.807) is 36.4 Å². The summed E-state index contributed by atoms with van der Waals surface area (Å²) >= 11 is 0. The lowest BCUT2D eigenvalue weighted by Gasteiger charge is -2.13. The zero-order valence-electron chi connectivity index (χ0n) is 17.3. The van der Waals surface area contributed by atoms with E-state index in [0.29, 0.717) is 41.5 Å². The van der Waals surface area contributed by atoms with E-state index in [2.05, 4.69) is 10.6 Å². The van der Waals surface area contributed by atoms with Crippen molar-refractivity contribution in [2.45, 2.75) is 25.9 Å². The molecule has 2 N–H and O–H groups in total. The number of amides is 2. The molecule has 1 aliphatic heterocycles. The maximum Gasteiger partial charge on any atom is 0.255 e. The van der Waals surface area contributed by atoms with Gasteiger partial charge in [-0.05, 0) is 62.2 Å². The molecule has 1 fully saturated rings. The van der Waals surface area contributed by atoms with Crippen LogP contribution in [0.2, 0.25) is 0 Å². The van der Waals surface area contributed by atoms with Crippen LogP contribution in [0.3, 0.4) is 0 Å². The van der Waals surface area contributed by atoms with Gasteiger partial charge in [0.05, 0.1) is 5.69 Å². The highest BCUT2D eigenvalue weighted by atomic mass is 16.5. The van der Waals surface area contributed by atoms with Crippen LogP contribution in [0.15, 0.2) is 72.8 Å². The normalized spacial score (nSPS) is 15.3. The Balaban J connectivity index is 1.46. The lowest BCUT2D eigenvalue weighted by atomic mass is 10.1. The molecule has 0 saturated carbocycles. The van der Waals surface area contributed by atoms with Gasteiger partial charge in [0.25, 0.3) is 11.8 Å². The first-order valence-corrected chi connectivity index (χ1v) is 10.3. The van der Waals surface area contributed by atoms with Crippen molar-refractivity contribution in [2.24, 2.45) is 0 Å². The fourth-order valence-electron chi connectivity index (χ4n) is 3.33. The Bertz CT molecular complexity index is 1070. The Morgan fingerprint density at radius 3 is 2.55 bits per heavy atom. The number of nitrogens with one attached hydrogen (secondary N) is 2. The molecule has 1 atom stereocenters. The third-order valence-corrected chi connectivity index (χ3v) is 5.00. The number of hydrogen-bond donors (Lipinski definition) is 2. The van der Waals surface area contributed by atoms with Crippen molar-refractivity contribution in [3.05, 3.63) is 83.9 Å². The molecule has 3 aromatic carbocycles. The van der Waals surface area contributed by atoms with Gasteiger partial charge in [0.1, 0.15) is 11.9 Å². The van der Waals surface area contributed by atoms with Crippen molar-refractivity contribution < 1.29 is 19.1 Å². The first kappa shape index (κ1) is 20.6. The van der Waals surface area contributed by atoms with Gasteiger partial charge in [-0.2, -0.15) is 0 Å². The number of ether oxygens (including phenoxy) is 2. The molecule has 1 saturated heterocycles. The smallest absolute Gasteiger partial charge is 0.255 e. The van der Waals surface area contributed by atoms with E-state index in [4.69, 9.17) is 9.47 Å². The highest BCUT2D eigenvalue weighted by molar-refractivity contribution is 6.06. The quantitative estimate of drug-likeness (QED) is 0.582. The summed E-state index contributed by atoms with van der Waals surface area (Å²) in [4.78, 5) is 25.1. The average Bonchev–Trinajstić information content (AvgIpc) is 3.32. The fourth-order valence-corrected chi connectivity index (χ4v) is 3.33. The number of hydrogen-bond acceptors (Lipinski definition) is 4. The SMILES string of the molecule is Cc1ccc(Oc2ccccc2NC(=O)c2cccc(NC(=O)[C@H]3CCCO3)c2)cc1. The van der Waals surface area contributed by atoms with Crippen molar-refractivity contribution in [1.29, 1.82) is 0 Å². The molecule has 0 spiro atoms. The minimum Gasteiger partial charge on any atom is -0.455 e. The highest BCUT2D eigenvalue weighted by Crippen LogP contribution is 2.30. The Morgan fingerprint density at radius 2 is 1.77 bits per heavy atom. The average molecular weight is 416 g/mol. The van der Waals surface area contributed by atoms with Gasteiger partial charge in [0, 0.05) is 17.9 Å². The van der Waals surface area contributed by atoms with E-state index in [1.807, 2.05) is 43.3 Å². The lowest BCUT2D eigenvalue weighted by Crippen LogP contribution is -2.27. The molecule has 3 aromatic rings. The molecule has 0 unspecified atom stereocenters. The number of anilines is 2. The summed E-state index contributed by atoms with van der Waals surface area (Å²) in [6.45, 7) is 2.61. The van der Waals surface area contributed by atoms with Gasteiger partial charge in [-0.1, -0.05) is 35.9 Å². The van der Waals surface area contributed by atoms with Crippen LogP contribution in [0, 0.1) is 6.92 Å². The molecule has 158 valence electrons. The van der Waals surface area contributed by atoms with Crippen LogP contribution in [0.4, 0.5) is 11.4 Å². The van der Waals surface area contributed by atoms with E-state index in [9.17, 15) is 9.59 Å². The van der Waals surface area contributed by atoms with Crippen molar-refractivity contribution in [2.75, 3.05) is 17.2 Å². The largest absolute Gasteiger partial charge is 0.455 e. The van der Waals surface area contributed by atoms with Gasteiger partial charge in [0.2, 0.25) is 0 Å². The Morgan fingerprint density at radius 1 is 0.968 bits per heavy atom. The summed E-state index contributed by atoms with van der Waals surface area (Å²) in [5, 5.41) is 5.72. The Hall–Kier alpha value is -3.64. The molecule has 6 heteroatoms. The Labute approximate surface area is 181 Å². The zero-order valence-corrected chi connectivity index (χ0v) is 17.3. The van der Waals surface area contributed by atoms with E-state index in [1.165, 1.54) is 0 Å². The molecular formula is C25H24N2O4. The van der Waals surface area contributed by atoms with Crippen LogP contribution in [-0.4, -0.2) is 24.5 Å². The summed E-state index contributed by atoms with van der Waals surface area (Å²) in [5.41, 5.74) is 2.68. The number of carbonyl (C=O) groups is 2. The number of benzene rings is 3. The van der Waals surface area contributed by atoms with Crippen molar-refractivity contribution in [3.63, 3.8) is 0 Å². The van der Waals surface area contributed by atoms with Crippen molar-refractivity contribution in [1.82, 2.24) is 0 Å². The molecular weight excluding hydrogens is 392 g/mol. The lowest BCUT2D eigenvalue weighted by molar-refractivity contribution is -0.124. The third kappa shape index (κ3) is 5.29. The maximum absolute atomic E-state index is 12.9. The number of para-hydroxylation sites is 2. The monoisotopic (exact) mass is 416 g/mol. The second kappa shape index (κ2) is 9.45. The Kier molecular flexibility index (Phi) is 6.29. The van der Waals surface area contributed by atoms with Crippen LogP contribution in [-0.2, 0) is 9.53 Å². The van der Waals surface area contributed by atoms with Gasteiger partial charge in [0.15, 0.2) is 5.75 Å². The number of rotatable bonds is 6. The summed E-state index contributed by atoms with van der Waals surface area (Å²) < 4.78 is 11.4. The predicted molar refractivity (Wildman–Crippen MR) is 120 cm³/mol. The molecule has 2 amide bonds. The topological polar surface area (TPSA) is 76.7 Å². The third-order valence-electron chi connectivity index (χ3n) is 5.00. The summed E-state index contributed by atoms with van der Waals surface area (Å²) in [7, 11) is 0. The van der Waals surface area contributed by atoms with E-state index in [-0.39, 0.29) is 11.8 Å². The van der Waals surface area contributed by atoms with Gasteiger partial charge < -0.3 is 20.1 Å². The van der Waals surface area contributed by atoms with Crippen LogP contribution >= 0.6 is 0 Å². The summed E-state index contributed by atoms with van der Waals surface area (Å²) in [6.07, 6.45) is 1.16. The van der Waals surface area contributed by atoms with Gasteiger partial charge in [-0.15, -0.1) is 0 Å². The van der Waals surface area contributed by atoms with Crippen LogP contribution in [0.25, 0.3) is 0 Å². The zero-order chi connectivity index (χ0) is 21.6. The van der Waals surface area contributed by atoms with Gasteiger partial charge in [-0.3, -0.25) is 9.59 Å². The predicted octanol–water partition coefficient (Wildman–Crippen LogP) is 5.16. The molecule has 6 nitrogen and oxygen atoms in total. The van der Waals surface area contributed by atoms with Crippen LogP contribution in [0.1, 0.15) is 28.8 Å². The second-order valence-corrected chi connectivity index (χ2v) is 7.44. The van der Waals surface area contributed by atoms with Gasteiger partial charge >= 0.3 is 0 Å². The van der Waals surface area contributed by atoms with Crippen molar-refractivity contribution >= 4 is 23.2 Å². The molecule has 4 rings (SSSR count). The molecule has 0 radical (unpaired) electrons. The van der Waals surface area contributed by atoms with Crippen LogP contribution in [0.5, 0.6) is 11.5 Å². The maximum atomic E-state index is 12.9. The summed E-state index contributed by atoms with van der Waals surface area (Å²) in [6, 6.07) is 21.8. The molecule has 0 aliphatic carbocycles. The molecule has 0 aromatic heterocycles. The van der Waals surface area contributed by atoms with Crippen molar-refractivity contribution in [3.8, 4) is 11.5 Å². The first-order valence-electron chi connectivity index (χ1n) is 10.3. The first-order chi connectivity index (χ1) is 15.1. The highest BCUT2D eigenvalue weighted by Gasteiger charge is 2.23. The molecule has 0 bridgehead atoms. The summed E-state index contributed by atoms with van der Waals surface area (Å²) in [5.74, 6) is 0.744. The number of carbonyl (C=O) groups excluding carboxylic acids is 2. The molecule has 1 heterocycles. The number of aryl methyl sites for hydroxylation is 1. The molecule has 31 heavy (non-hydrogen) atoms. The standard InChI is InChI=1S/C25H24N2O4/c1-17-11-13-20(14-12-17)31-22-9-3-2-8-21(22)27-24(28)18-6-4-7-19(16-18)26-25(29)23-10-5-15-30-23/h2-4,6-9,11-14,16,23H,5,10,15H2,1H3,(H,26,29)(H,27,28)/t23-/m1/s1. The van der Waals surface area contributed by atoms with Gasteiger partial charge in [-0.25, -0.2) is 0 Å². The minimum atomic E-state index is -0.428. The second-order valence-electron chi connectivity index (χ2n) is 7.44. The van der Waals surface area contributed by atoms with E-state index < -0.39 is 6.10 Å². The minimum absolute atomic E-state index is 0.188. The van der Waals surface area contributed by atoms with E-state index >= 15 is 0 Å². The van der Waals surface area contributed by atoms with Crippen LogP contribution < -0.4 is 15.4 Å². The molecule has 1 aliphatic rings. The fraction of sp³-hybridized carbons (Fsp3) is 0.200.